The summed E-state index contributed by atoms with van der Waals surface area (Å²) in [5, 5.41) is 1.07. The molecule has 0 saturated carbocycles. The summed E-state index contributed by atoms with van der Waals surface area (Å²) in [6.45, 7) is 2.07. The fraction of sp³-hybridized carbons (Fsp3) is 0.100. The lowest BCUT2D eigenvalue weighted by Gasteiger charge is -1.97. The van der Waals surface area contributed by atoms with Crippen molar-refractivity contribution in [1.29, 1.82) is 0 Å². The summed E-state index contributed by atoms with van der Waals surface area (Å²) in [5.41, 5.74) is 1.17. The molecule has 0 aliphatic rings. The molecule has 1 aromatic heterocycles. The molecule has 0 fully saturated rings. The van der Waals surface area contributed by atoms with E-state index in [1.54, 1.807) is 11.3 Å². The van der Waals surface area contributed by atoms with E-state index in [4.69, 9.17) is 0 Å². The molecule has 0 aliphatic carbocycles. The van der Waals surface area contributed by atoms with Gasteiger partial charge in [-0.25, -0.2) is 4.98 Å². The molecule has 1 aromatic carbocycles. The van der Waals surface area contributed by atoms with Crippen molar-refractivity contribution in [2.75, 3.05) is 0 Å². The van der Waals surface area contributed by atoms with Gasteiger partial charge in [0.05, 0.1) is 0 Å². The Labute approximate surface area is 89.6 Å². The highest BCUT2D eigenvalue weighted by Crippen LogP contribution is 2.30. The molecule has 13 heavy (non-hydrogen) atoms. The lowest BCUT2D eigenvalue weighted by Crippen LogP contribution is -1.75. The van der Waals surface area contributed by atoms with Gasteiger partial charge in [0.15, 0.2) is 0 Å². The molecule has 0 spiro atoms. The summed E-state index contributed by atoms with van der Waals surface area (Å²) in [5.74, 6) is 0. The third-order valence-electron chi connectivity index (χ3n) is 1.73. The second kappa shape index (κ2) is 3.60. The standard InChI is InChI=1S/C10H8BrNS/c1-7-6-12-10(13-7)8-4-2-3-5-9(8)11/h2-6H,1H3. The van der Waals surface area contributed by atoms with Crippen molar-refractivity contribution >= 4 is 27.3 Å². The van der Waals surface area contributed by atoms with Crippen molar-refractivity contribution in [3.8, 4) is 10.6 Å². The van der Waals surface area contributed by atoms with Gasteiger partial charge < -0.3 is 0 Å². The average molecular weight is 254 g/mol. The lowest BCUT2D eigenvalue weighted by molar-refractivity contribution is 1.38. The highest BCUT2D eigenvalue weighted by Gasteiger charge is 2.04. The normalized spacial score (nSPS) is 10.3. The molecular formula is C10H8BrNS. The van der Waals surface area contributed by atoms with E-state index in [1.165, 1.54) is 10.4 Å². The minimum atomic E-state index is 1.07. The molecule has 3 heteroatoms. The van der Waals surface area contributed by atoms with Crippen molar-refractivity contribution in [2.24, 2.45) is 0 Å². The van der Waals surface area contributed by atoms with Crippen molar-refractivity contribution in [3.63, 3.8) is 0 Å². The molecule has 1 nitrogen and oxygen atoms in total. The zero-order valence-electron chi connectivity index (χ0n) is 7.12. The first-order valence-electron chi connectivity index (χ1n) is 3.95. The number of benzene rings is 1. The summed E-state index contributed by atoms with van der Waals surface area (Å²) in [6.07, 6.45) is 1.90. The van der Waals surface area contributed by atoms with Crippen LogP contribution in [0, 0.1) is 6.92 Å². The molecule has 0 atom stereocenters. The van der Waals surface area contributed by atoms with Gasteiger partial charge in [-0.15, -0.1) is 11.3 Å². The van der Waals surface area contributed by atoms with Crippen LogP contribution in [0.15, 0.2) is 34.9 Å². The predicted octanol–water partition coefficient (Wildman–Crippen LogP) is 3.88. The van der Waals surface area contributed by atoms with Crippen molar-refractivity contribution < 1.29 is 0 Å². The van der Waals surface area contributed by atoms with Gasteiger partial charge in [0.25, 0.3) is 0 Å². The van der Waals surface area contributed by atoms with Crippen molar-refractivity contribution in [3.05, 3.63) is 39.8 Å². The van der Waals surface area contributed by atoms with Crippen LogP contribution in [0.4, 0.5) is 0 Å². The van der Waals surface area contributed by atoms with Crippen LogP contribution in [0.3, 0.4) is 0 Å². The predicted molar refractivity (Wildman–Crippen MR) is 60.0 cm³/mol. The number of nitrogens with zero attached hydrogens (tertiary/aromatic N) is 1. The van der Waals surface area contributed by atoms with Gasteiger partial charge in [-0.3, -0.25) is 0 Å². The largest absolute Gasteiger partial charge is 0.244 e. The first-order valence-corrected chi connectivity index (χ1v) is 5.55. The van der Waals surface area contributed by atoms with Crippen LogP contribution >= 0.6 is 27.3 Å². The van der Waals surface area contributed by atoms with Gasteiger partial charge in [-0.1, -0.05) is 34.1 Å². The van der Waals surface area contributed by atoms with Gasteiger partial charge in [0, 0.05) is 21.1 Å². The van der Waals surface area contributed by atoms with E-state index in [2.05, 4.69) is 33.9 Å². The topological polar surface area (TPSA) is 12.9 Å². The summed E-state index contributed by atoms with van der Waals surface area (Å²) in [7, 11) is 0. The monoisotopic (exact) mass is 253 g/mol. The highest BCUT2D eigenvalue weighted by atomic mass is 79.9. The Balaban J connectivity index is 2.52. The third-order valence-corrected chi connectivity index (χ3v) is 3.36. The average Bonchev–Trinajstić information content (AvgIpc) is 2.53. The minimum Gasteiger partial charge on any atom is -0.244 e. The van der Waals surface area contributed by atoms with Crippen LogP contribution in [0.25, 0.3) is 10.6 Å². The number of thiazole rings is 1. The Morgan fingerprint density at radius 3 is 2.69 bits per heavy atom. The number of hydrogen-bond donors (Lipinski definition) is 0. The number of aromatic nitrogens is 1. The van der Waals surface area contributed by atoms with E-state index in [-0.39, 0.29) is 0 Å². The van der Waals surface area contributed by atoms with Gasteiger partial charge in [0.1, 0.15) is 5.01 Å². The zero-order chi connectivity index (χ0) is 9.26. The first kappa shape index (κ1) is 8.91. The third kappa shape index (κ3) is 1.81. The van der Waals surface area contributed by atoms with E-state index in [1.807, 2.05) is 24.4 Å². The molecule has 66 valence electrons. The van der Waals surface area contributed by atoms with Crippen LogP contribution in [0.1, 0.15) is 4.88 Å². The summed E-state index contributed by atoms with van der Waals surface area (Å²) in [4.78, 5) is 5.58. The van der Waals surface area contributed by atoms with E-state index in [0.717, 1.165) is 9.48 Å². The van der Waals surface area contributed by atoms with Crippen LogP contribution in [-0.2, 0) is 0 Å². The van der Waals surface area contributed by atoms with Gasteiger partial charge in [-0.05, 0) is 13.0 Å². The molecule has 0 amide bonds. The fourth-order valence-electron chi connectivity index (χ4n) is 1.11. The van der Waals surface area contributed by atoms with E-state index < -0.39 is 0 Å². The minimum absolute atomic E-state index is 1.07. The Hall–Kier alpha value is -0.670. The lowest BCUT2D eigenvalue weighted by atomic mass is 10.2. The summed E-state index contributed by atoms with van der Waals surface area (Å²) >= 11 is 5.22. The summed E-state index contributed by atoms with van der Waals surface area (Å²) < 4.78 is 1.10. The molecule has 2 rings (SSSR count). The van der Waals surface area contributed by atoms with Crippen LogP contribution in [0.5, 0.6) is 0 Å². The molecule has 0 aliphatic heterocycles. The molecule has 0 saturated heterocycles. The molecular weight excluding hydrogens is 246 g/mol. The molecule has 0 unspecified atom stereocenters. The van der Waals surface area contributed by atoms with E-state index >= 15 is 0 Å². The quantitative estimate of drug-likeness (QED) is 0.752. The smallest absolute Gasteiger partial charge is 0.124 e. The summed E-state index contributed by atoms with van der Waals surface area (Å²) in [6, 6.07) is 8.14. The molecule has 0 radical (unpaired) electrons. The molecule has 0 bridgehead atoms. The second-order valence-electron chi connectivity index (χ2n) is 2.76. The fourth-order valence-corrected chi connectivity index (χ4v) is 2.52. The highest BCUT2D eigenvalue weighted by molar-refractivity contribution is 9.10. The van der Waals surface area contributed by atoms with E-state index in [0.29, 0.717) is 0 Å². The number of rotatable bonds is 1. The van der Waals surface area contributed by atoms with Gasteiger partial charge in [0.2, 0.25) is 0 Å². The maximum atomic E-state index is 4.34. The Morgan fingerprint density at radius 2 is 2.08 bits per heavy atom. The van der Waals surface area contributed by atoms with Gasteiger partial charge >= 0.3 is 0 Å². The number of hydrogen-bond acceptors (Lipinski definition) is 2. The maximum Gasteiger partial charge on any atom is 0.124 e. The van der Waals surface area contributed by atoms with Crippen LogP contribution in [0.2, 0.25) is 0 Å². The Morgan fingerprint density at radius 1 is 1.31 bits per heavy atom. The van der Waals surface area contributed by atoms with E-state index in [9.17, 15) is 0 Å². The first-order chi connectivity index (χ1) is 6.27. The Kier molecular flexibility index (Phi) is 2.47. The van der Waals surface area contributed by atoms with Crippen molar-refractivity contribution in [1.82, 2.24) is 4.98 Å². The second-order valence-corrected chi connectivity index (χ2v) is 4.85. The zero-order valence-corrected chi connectivity index (χ0v) is 9.52. The molecule has 1 heterocycles. The SMILES string of the molecule is Cc1cnc(-c2ccccc2Br)s1. The van der Waals surface area contributed by atoms with Crippen LogP contribution < -0.4 is 0 Å². The maximum absolute atomic E-state index is 4.34. The van der Waals surface area contributed by atoms with Gasteiger partial charge in [-0.2, -0.15) is 0 Å². The molecule has 2 aromatic rings. The molecule has 0 N–H and O–H groups in total. The van der Waals surface area contributed by atoms with Crippen LogP contribution in [-0.4, -0.2) is 4.98 Å². The Bertz CT molecular complexity index is 422. The number of halogens is 1. The van der Waals surface area contributed by atoms with Crippen molar-refractivity contribution in [2.45, 2.75) is 6.92 Å². The number of aryl methyl sites for hydroxylation is 1.